The Morgan fingerprint density at radius 2 is 1.69 bits per heavy atom. The number of aromatic nitrogens is 1. The van der Waals surface area contributed by atoms with Gasteiger partial charge in [-0.2, -0.15) is 0 Å². The number of hydrogen-bond acceptors (Lipinski definition) is 2. The molecule has 0 aliphatic rings. The van der Waals surface area contributed by atoms with E-state index in [1.807, 2.05) is 12.1 Å². The number of nitrogens with zero attached hydrogens (tertiary/aromatic N) is 1. The fraction of sp³-hybridized carbons (Fsp3) is 0.0833. The molecule has 0 saturated heterocycles. The van der Waals surface area contributed by atoms with Crippen molar-refractivity contribution >= 4 is 23.2 Å². The molecule has 0 bridgehead atoms. The summed E-state index contributed by atoms with van der Waals surface area (Å²) < 4.78 is 0. The maximum absolute atomic E-state index is 10.1. The maximum atomic E-state index is 10.1. The lowest BCUT2D eigenvalue weighted by atomic mass is 10.0. The third kappa shape index (κ3) is 2.19. The van der Waals surface area contributed by atoms with E-state index in [0.29, 0.717) is 16.1 Å². The second-order valence-corrected chi connectivity index (χ2v) is 4.07. The lowest BCUT2D eigenvalue weighted by Gasteiger charge is -2.13. The Morgan fingerprint density at radius 3 is 2.38 bits per heavy atom. The molecule has 1 aromatic heterocycles. The van der Waals surface area contributed by atoms with Crippen molar-refractivity contribution in [3.63, 3.8) is 0 Å². The normalized spacial score (nSPS) is 12.4. The summed E-state index contributed by atoms with van der Waals surface area (Å²) in [7, 11) is 0. The van der Waals surface area contributed by atoms with Gasteiger partial charge in [0.05, 0.1) is 0 Å². The highest BCUT2D eigenvalue weighted by molar-refractivity contribution is 6.31. The van der Waals surface area contributed by atoms with Crippen molar-refractivity contribution in [1.82, 2.24) is 4.98 Å². The summed E-state index contributed by atoms with van der Waals surface area (Å²) in [6.07, 6.45) is 0.723. The van der Waals surface area contributed by atoms with E-state index in [0.717, 1.165) is 0 Å². The first-order chi connectivity index (χ1) is 7.70. The highest BCUT2D eigenvalue weighted by atomic mass is 35.5. The zero-order valence-corrected chi connectivity index (χ0v) is 9.78. The van der Waals surface area contributed by atoms with Gasteiger partial charge in [0, 0.05) is 22.3 Å². The fourth-order valence-corrected chi connectivity index (χ4v) is 1.93. The number of aliphatic hydroxyl groups is 1. The van der Waals surface area contributed by atoms with Gasteiger partial charge < -0.3 is 5.11 Å². The van der Waals surface area contributed by atoms with E-state index in [9.17, 15) is 5.11 Å². The number of hydrogen-bond donors (Lipinski definition) is 1. The molecule has 2 nitrogen and oxygen atoms in total. The number of aliphatic hydroxyl groups excluding tert-OH is 1. The minimum absolute atomic E-state index is 0.287. The van der Waals surface area contributed by atoms with Crippen LogP contribution in [0.5, 0.6) is 0 Å². The first-order valence-corrected chi connectivity index (χ1v) is 5.48. The van der Waals surface area contributed by atoms with E-state index in [4.69, 9.17) is 23.2 Å². The minimum atomic E-state index is -0.852. The monoisotopic (exact) mass is 253 g/mol. The molecule has 0 radical (unpaired) electrons. The molecule has 0 saturated carbocycles. The lowest BCUT2D eigenvalue weighted by Crippen LogP contribution is -2.01. The Hall–Kier alpha value is -1.09. The van der Waals surface area contributed by atoms with Gasteiger partial charge in [0.2, 0.25) is 0 Å². The molecular weight excluding hydrogens is 245 g/mol. The van der Waals surface area contributed by atoms with Gasteiger partial charge in [-0.3, -0.25) is 0 Å². The highest BCUT2D eigenvalue weighted by Gasteiger charge is 2.16. The molecule has 0 spiro atoms. The van der Waals surface area contributed by atoms with Crippen LogP contribution < -0.4 is 0 Å². The predicted molar refractivity (Wildman–Crippen MR) is 64.8 cm³/mol. The van der Waals surface area contributed by atoms with E-state index >= 15 is 0 Å². The van der Waals surface area contributed by atoms with E-state index < -0.39 is 6.10 Å². The molecule has 0 amide bonds. The summed E-state index contributed by atoms with van der Waals surface area (Å²) in [6.45, 7) is 0. The average Bonchev–Trinajstić information content (AvgIpc) is 2.29. The molecule has 1 aromatic carbocycles. The summed E-state index contributed by atoms with van der Waals surface area (Å²) in [5.41, 5.74) is 1.18. The Balaban J connectivity index is 2.44. The maximum Gasteiger partial charge on any atom is 0.135 e. The molecule has 16 heavy (non-hydrogen) atoms. The van der Waals surface area contributed by atoms with Crippen molar-refractivity contribution in [3.8, 4) is 0 Å². The highest BCUT2D eigenvalue weighted by Crippen LogP contribution is 2.30. The van der Waals surface area contributed by atoms with Crippen molar-refractivity contribution in [2.45, 2.75) is 6.10 Å². The SMILES string of the molecule is OC(c1ccccc1Cl)c1cccnc1Cl. The summed E-state index contributed by atoms with van der Waals surface area (Å²) in [5, 5.41) is 10.9. The second-order valence-electron chi connectivity index (χ2n) is 3.31. The van der Waals surface area contributed by atoms with Gasteiger partial charge in [0.15, 0.2) is 0 Å². The van der Waals surface area contributed by atoms with Crippen LogP contribution >= 0.6 is 23.2 Å². The van der Waals surface area contributed by atoms with Crippen molar-refractivity contribution in [1.29, 1.82) is 0 Å². The van der Waals surface area contributed by atoms with Crippen LogP contribution in [-0.2, 0) is 0 Å². The second kappa shape index (κ2) is 4.83. The van der Waals surface area contributed by atoms with Crippen molar-refractivity contribution in [3.05, 3.63) is 63.9 Å². The summed E-state index contributed by atoms with van der Waals surface area (Å²) >= 11 is 11.9. The van der Waals surface area contributed by atoms with Crippen LogP contribution in [0.15, 0.2) is 42.6 Å². The minimum Gasteiger partial charge on any atom is -0.383 e. The third-order valence-corrected chi connectivity index (χ3v) is 2.94. The van der Waals surface area contributed by atoms with E-state index in [1.165, 1.54) is 0 Å². The smallest absolute Gasteiger partial charge is 0.135 e. The molecule has 82 valence electrons. The van der Waals surface area contributed by atoms with E-state index in [1.54, 1.807) is 30.5 Å². The quantitative estimate of drug-likeness (QED) is 0.832. The standard InChI is InChI=1S/C12H9Cl2NO/c13-10-6-2-1-4-8(10)11(16)9-5-3-7-15-12(9)14/h1-7,11,16H. The first kappa shape index (κ1) is 11.4. The van der Waals surface area contributed by atoms with Gasteiger partial charge in [-0.25, -0.2) is 4.98 Å². The number of rotatable bonds is 2. The molecule has 0 aliphatic heterocycles. The Kier molecular flexibility index (Phi) is 3.44. The van der Waals surface area contributed by atoms with Gasteiger partial charge in [0.1, 0.15) is 11.3 Å². The summed E-state index contributed by atoms with van der Waals surface area (Å²) in [6, 6.07) is 10.6. The van der Waals surface area contributed by atoms with Crippen LogP contribution in [0.2, 0.25) is 10.2 Å². The summed E-state index contributed by atoms with van der Waals surface area (Å²) in [4.78, 5) is 3.92. The number of benzene rings is 1. The Bertz CT molecular complexity index is 456. The molecule has 0 aliphatic carbocycles. The molecule has 0 fully saturated rings. The molecule has 2 aromatic rings. The van der Waals surface area contributed by atoms with E-state index in [2.05, 4.69) is 4.98 Å². The van der Waals surface area contributed by atoms with Crippen LogP contribution in [0.25, 0.3) is 0 Å². The molecule has 4 heteroatoms. The van der Waals surface area contributed by atoms with Crippen LogP contribution in [0.4, 0.5) is 0 Å². The Labute approximate surface area is 103 Å². The number of halogens is 2. The van der Waals surface area contributed by atoms with Crippen molar-refractivity contribution in [2.24, 2.45) is 0 Å². The molecule has 1 heterocycles. The molecular formula is C12H9Cl2NO. The van der Waals surface area contributed by atoms with E-state index in [-0.39, 0.29) is 5.15 Å². The van der Waals surface area contributed by atoms with Gasteiger partial charge >= 0.3 is 0 Å². The van der Waals surface area contributed by atoms with Crippen molar-refractivity contribution in [2.75, 3.05) is 0 Å². The third-order valence-electron chi connectivity index (χ3n) is 2.28. The summed E-state index contributed by atoms with van der Waals surface area (Å²) in [5.74, 6) is 0. The average molecular weight is 254 g/mol. The fourth-order valence-electron chi connectivity index (χ4n) is 1.47. The van der Waals surface area contributed by atoms with Gasteiger partial charge in [-0.1, -0.05) is 47.5 Å². The molecule has 2 rings (SSSR count). The van der Waals surface area contributed by atoms with Crippen LogP contribution in [0.3, 0.4) is 0 Å². The van der Waals surface area contributed by atoms with Crippen LogP contribution in [-0.4, -0.2) is 10.1 Å². The van der Waals surface area contributed by atoms with Crippen LogP contribution in [0.1, 0.15) is 17.2 Å². The largest absolute Gasteiger partial charge is 0.383 e. The number of pyridine rings is 1. The molecule has 1 unspecified atom stereocenters. The topological polar surface area (TPSA) is 33.1 Å². The predicted octanol–water partition coefficient (Wildman–Crippen LogP) is 3.47. The zero-order chi connectivity index (χ0) is 11.5. The molecule has 1 N–H and O–H groups in total. The van der Waals surface area contributed by atoms with Gasteiger partial charge in [0.25, 0.3) is 0 Å². The zero-order valence-electron chi connectivity index (χ0n) is 8.27. The van der Waals surface area contributed by atoms with Crippen molar-refractivity contribution < 1.29 is 5.11 Å². The lowest BCUT2D eigenvalue weighted by molar-refractivity contribution is 0.220. The van der Waals surface area contributed by atoms with Crippen LogP contribution in [0, 0.1) is 0 Å². The van der Waals surface area contributed by atoms with Gasteiger partial charge in [-0.15, -0.1) is 0 Å². The first-order valence-electron chi connectivity index (χ1n) is 4.73. The molecule has 1 atom stereocenters. The Morgan fingerprint density at radius 1 is 1.00 bits per heavy atom. The van der Waals surface area contributed by atoms with Gasteiger partial charge in [-0.05, 0) is 12.1 Å².